The van der Waals surface area contributed by atoms with Gasteiger partial charge in [-0.15, -0.1) is 0 Å². The predicted molar refractivity (Wildman–Crippen MR) is 97.3 cm³/mol. The van der Waals surface area contributed by atoms with Crippen molar-refractivity contribution in [3.8, 4) is 11.1 Å². The van der Waals surface area contributed by atoms with E-state index in [1.165, 1.54) is 23.1 Å². The molecule has 1 aromatic heterocycles. The van der Waals surface area contributed by atoms with Gasteiger partial charge >= 0.3 is 6.18 Å². The van der Waals surface area contributed by atoms with Crippen LogP contribution in [0.2, 0.25) is 0 Å². The van der Waals surface area contributed by atoms with E-state index in [1.54, 1.807) is 31.3 Å². The molecule has 1 N–H and O–H groups in total. The summed E-state index contributed by atoms with van der Waals surface area (Å²) in [6.07, 6.45) is -1.72. The summed E-state index contributed by atoms with van der Waals surface area (Å²) in [6, 6.07) is 10.2. The van der Waals surface area contributed by atoms with Crippen molar-refractivity contribution >= 4 is 27.4 Å². The zero-order valence-corrected chi connectivity index (χ0v) is 14.7. The van der Waals surface area contributed by atoms with Crippen LogP contribution in [0.3, 0.4) is 0 Å². The van der Waals surface area contributed by atoms with Crippen molar-refractivity contribution in [2.75, 3.05) is 11.0 Å². The van der Waals surface area contributed by atoms with Crippen LogP contribution in [0.5, 0.6) is 0 Å². The van der Waals surface area contributed by atoms with Gasteiger partial charge in [0.2, 0.25) is 0 Å². The third-order valence-corrected chi connectivity index (χ3v) is 4.45. The molecule has 0 fully saturated rings. The summed E-state index contributed by atoms with van der Waals surface area (Å²) in [5, 5.41) is 0.969. The Morgan fingerprint density at radius 2 is 1.73 bits per heavy atom. The number of nitrogens with one attached hydrogen (secondary N) is 1. The van der Waals surface area contributed by atoms with Gasteiger partial charge in [-0.1, -0.05) is 18.2 Å². The molecule has 0 amide bonds. The molecule has 26 heavy (non-hydrogen) atoms. The van der Waals surface area contributed by atoms with Crippen molar-refractivity contribution in [1.82, 2.24) is 4.57 Å². The van der Waals surface area contributed by atoms with Crippen molar-refractivity contribution in [3.05, 3.63) is 64.6 Å². The first-order valence-corrected chi connectivity index (χ1v) is 9.14. The topological polar surface area (TPSA) is 51.1 Å². The molecular weight excluding hydrogens is 365 g/mol. The van der Waals surface area contributed by atoms with E-state index in [2.05, 4.69) is 4.72 Å². The molecule has 1 heterocycles. The number of anilines is 1. The van der Waals surface area contributed by atoms with Gasteiger partial charge in [-0.3, -0.25) is 4.79 Å². The minimum absolute atomic E-state index is 0.0913. The lowest BCUT2D eigenvalue weighted by molar-refractivity contribution is -0.137. The fourth-order valence-electron chi connectivity index (χ4n) is 2.82. The number of hydrogen-bond donors (Lipinski definition) is 1. The first-order valence-electron chi connectivity index (χ1n) is 7.58. The number of benzene rings is 2. The maximum Gasteiger partial charge on any atom is 0.416 e. The minimum Gasteiger partial charge on any atom is -0.317 e. The Kier molecular flexibility index (Phi) is 4.62. The Morgan fingerprint density at radius 1 is 1.08 bits per heavy atom. The fraction of sp³-hybridized carbons (Fsp3) is 0.167. The van der Waals surface area contributed by atoms with Gasteiger partial charge in [0.1, 0.15) is 11.0 Å². The van der Waals surface area contributed by atoms with Crippen LogP contribution in [0.1, 0.15) is 5.56 Å². The Hall–Kier alpha value is -2.61. The van der Waals surface area contributed by atoms with Crippen LogP contribution in [0, 0.1) is 0 Å². The highest BCUT2D eigenvalue weighted by Crippen LogP contribution is 2.36. The first kappa shape index (κ1) is 18.2. The molecule has 3 rings (SSSR count). The number of pyridine rings is 1. The highest BCUT2D eigenvalue weighted by molar-refractivity contribution is 7.85. The molecule has 4 nitrogen and oxygen atoms in total. The molecule has 0 spiro atoms. The van der Waals surface area contributed by atoms with E-state index >= 15 is 0 Å². The molecule has 1 unspecified atom stereocenters. The van der Waals surface area contributed by atoms with E-state index in [0.717, 1.165) is 12.1 Å². The number of alkyl halides is 3. The second-order valence-corrected chi connectivity index (χ2v) is 6.97. The summed E-state index contributed by atoms with van der Waals surface area (Å²) in [7, 11) is 0.0238. The van der Waals surface area contributed by atoms with Gasteiger partial charge in [0, 0.05) is 36.1 Å². The predicted octanol–water partition coefficient (Wildman–Crippen LogP) is 3.93. The van der Waals surface area contributed by atoms with Crippen molar-refractivity contribution in [1.29, 1.82) is 0 Å². The number of halogens is 3. The Bertz CT molecular complexity index is 1070. The van der Waals surface area contributed by atoms with Crippen LogP contribution in [0.15, 0.2) is 53.5 Å². The van der Waals surface area contributed by atoms with Gasteiger partial charge in [0.15, 0.2) is 0 Å². The van der Waals surface area contributed by atoms with Gasteiger partial charge in [-0.2, -0.15) is 13.2 Å². The quantitative estimate of drug-likeness (QED) is 0.749. The van der Waals surface area contributed by atoms with Crippen molar-refractivity contribution in [2.24, 2.45) is 7.05 Å². The second-order valence-electron chi connectivity index (χ2n) is 5.86. The van der Waals surface area contributed by atoms with E-state index in [0.29, 0.717) is 16.3 Å². The molecule has 0 aliphatic rings. The van der Waals surface area contributed by atoms with Gasteiger partial charge in [0.05, 0.1) is 5.56 Å². The Balaban J connectivity index is 2.33. The molecule has 8 heteroatoms. The van der Waals surface area contributed by atoms with Crippen LogP contribution in [0.4, 0.5) is 18.9 Å². The van der Waals surface area contributed by atoms with Gasteiger partial charge in [0.25, 0.3) is 5.56 Å². The summed E-state index contributed by atoms with van der Waals surface area (Å²) >= 11 is 0. The van der Waals surface area contributed by atoms with Crippen LogP contribution in [-0.4, -0.2) is 15.0 Å². The van der Waals surface area contributed by atoms with Crippen molar-refractivity contribution in [3.63, 3.8) is 0 Å². The van der Waals surface area contributed by atoms with Gasteiger partial charge in [-0.05, 0) is 35.2 Å². The molecule has 1 atom stereocenters. The maximum absolute atomic E-state index is 13.3. The average molecular weight is 380 g/mol. The van der Waals surface area contributed by atoms with Crippen molar-refractivity contribution < 1.29 is 17.4 Å². The summed E-state index contributed by atoms with van der Waals surface area (Å²) in [6.45, 7) is 0. The lowest BCUT2D eigenvalue weighted by Gasteiger charge is -2.15. The summed E-state index contributed by atoms with van der Waals surface area (Å²) in [5.41, 5.74) is -0.239. The normalized spacial score (nSPS) is 13.0. The Morgan fingerprint density at radius 3 is 2.35 bits per heavy atom. The van der Waals surface area contributed by atoms with E-state index in [9.17, 15) is 22.2 Å². The van der Waals surface area contributed by atoms with Crippen LogP contribution < -0.4 is 10.3 Å². The highest BCUT2D eigenvalue weighted by Gasteiger charge is 2.31. The largest absolute Gasteiger partial charge is 0.416 e. The molecule has 0 radical (unpaired) electrons. The number of nitrogens with zero attached hydrogens (tertiary/aromatic N) is 1. The summed E-state index contributed by atoms with van der Waals surface area (Å²) < 4.78 is 55.1. The maximum atomic E-state index is 13.3. The first-order chi connectivity index (χ1) is 12.2. The molecule has 0 saturated carbocycles. The number of aromatic nitrogens is 1. The number of rotatable bonds is 3. The molecule has 3 aromatic rings. The van der Waals surface area contributed by atoms with E-state index in [1.807, 2.05) is 0 Å². The zero-order chi connectivity index (χ0) is 19.1. The van der Waals surface area contributed by atoms with E-state index in [-0.39, 0.29) is 16.8 Å². The molecular formula is C18H15F3N2O2S. The smallest absolute Gasteiger partial charge is 0.317 e. The summed E-state index contributed by atoms with van der Waals surface area (Å²) in [5.74, 6) is 0. The number of fused-ring (bicyclic) bond motifs is 1. The highest BCUT2D eigenvalue weighted by atomic mass is 32.2. The number of hydrogen-bond acceptors (Lipinski definition) is 2. The lowest BCUT2D eigenvalue weighted by atomic mass is 9.98. The Labute approximate surface area is 149 Å². The molecule has 2 aromatic carbocycles. The standard InChI is InChI=1S/C18H15F3N2O2S/c1-23-10-16(14-5-3-4-6-15(14)17(23)24)11-7-12(18(19,20)21)9-13(8-11)22-26(2)25/h3-10,22H,1-2H3. The third kappa shape index (κ3) is 3.50. The average Bonchev–Trinajstić information content (AvgIpc) is 2.56. The second kappa shape index (κ2) is 6.60. The van der Waals surface area contributed by atoms with Crippen molar-refractivity contribution in [2.45, 2.75) is 6.18 Å². The molecule has 0 aliphatic heterocycles. The van der Waals surface area contributed by atoms with Gasteiger partial charge < -0.3 is 9.29 Å². The SMILES string of the molecule is Cn1cc(-c2cc(NS(C)=O)cc(C(F)(F)F)c2)c2ccccc2c1=O. The van der Waals surface area contributed by atoms with Gasteiger partial charge in [-0.25, -0.2) is 4.21 Å². The molecule has 0 bridgehead atoms. The zero-order valence-electron chi connectivity index (χ0n) is 13.9. The third-order valence-electron chi connectivity index (χ3n) is 3.92. The minimum atomic E-state index is -4.56. The monoisotopic (exact) mass is 380 g/mol. The van der Waals surface area contributed by atoms with E-state index < -0.39 is 22.7 Å². The molecule has 0 saturated heterocycles. The van der Waals surface area contributed by atoms with Crippen LogP contribution in [-0.2, 0) is 24.2 Å². The fourth-order valence-corrected chi connectivity index (χ4v) is 3.27. The lowest BCUT2D eigenvalue weighted by Crippen LogP contribution is -2.16. The van der Waals surface area contributed by atoms with E-state index in [4.69, 9.17) is 0 Å². The molecule has 0 aliphatic carbocycles. The van der Waals surface area contributed by atoms with Crippen LogP contribution >= 0.6 is 0 Å². The number of aryl methyl sites for hydroxylation is 1. The molecule has 136 valence electrons. The summed E-state index contributed by atoms with van der Waals surface area (Å²) in [4.78, 5) is 12.3. The van der Waals surface area contributed by atoms with Crippen LogP contribution in [0.25, 0.3) is 21.9 Å².